The fraction of sp³-hybridized carbons (Fsp3) is 0.522. The summed E-state index contributed by atoms with van der Waals surface area (Å²) in [4.78, 5) is 25.3. The van der Waals surface area contributed by atoms with E-state index >= 15 is 0 Å². The molecule has 2 saturated heterocycles. The minimum atomic E-state index is -4.47. The molecule has 1 amide bonds. The van der Waals surface area contributed by atoms with Crippen LogP contribution in [0.4, 0.5) is 13.2 Å². The summed E-state index contributed by atoms with van der Waals surface area (Å²) >= 11 is 0. The third kappa shape index (κ3) is 4.67. The Hall–Kier alpha value is -2.72. The van der Waals surface area contributed by atoms with E-state index in [1.165, 1.54) is 4.90 Å². The van der Waals surface area contributed by atoms with Crippen LogP contribution in [0.15, 0.2) is 36.7 Å². The Morgan fingerprint density at radius 1 is 1.06 bits per heavy atom. The number of alkyl halides is 3. The summed E-state index contributed by atoms with van der Waals surface area (Å²) in [7, 11) is 0. The van der Waals surface area contributed by atoms with E-state index in [1.807, 2.05) is 0 Å². The predicted octanol–water partition coefficient (Wildman–Crippen LogP) is 3.47. The number of nitrogens with zero attached hydrogens (tertiary/aromatic N) is 4. The smallest absolute Gasteiger partial charge is 0.416 e. The van der Waals surface area contributed by atoms with E-state index in [4.69, 9.17) is 4.74 Å². The molecule has 1 saturated carbocycles. The number of hydrogen-bond acceptors (Lipinski definition) is 6. The van der Waals surface area contributed by atoms with Crippen LogP contribution in [0, 0.1) is 0 Å². The van der Waals surface area contributed by atoms with Crippen molar-refractivity contribution in [2.45, 2.75) is 62.6 Å². The molecule has 10 heteroatoms. The van der Waals surface area contributed by atoms with Gasteiger partial charge < -0.3 is 14.7 Å². The van der Waals surface area contributed by atoms with Crippen molar-refractivity contribution in [2.75, 3.05) is 13.2 Å². The molecule has 176 valence electrons. The first-order chi connectivity index (χ1) is 15.8. The Balaban J connectivity index is 1.22. The average molecular weight is 462 g/mol. The first-order valence-electron chi connectivity index (χ1n) is 11.2. The molecule has 7 nitrogen and oxygen atoms in total. The van der Waals surface area contributed by atoms with Crippen molar-refractivity contribution >= 4 is 5.91 Å². The van der Waals surface area contributed by atoms with Crippen LogP contribution in [0.3, 0.4) is 0 Å². The molecule has 3 heterocycles. The fourth-order valence-electron chi connectivity index (χ4n) is 4.58. The third-order valence-corrected chi connectivity index (χ3v) is 6.65. The van der Waals surface area contributed by atoms with Crippen LogP contribution in [0.5, 0.6) is 5.88 Å². The first-order valence-corrected chi connectivity index (χ1v) is 11.2. The lowest BCUT2D eigenvalue weighted by Gasteiger charge is -2.40. The maximum absolute atomic E-state index is 12.9. The Morgan fingerprint density at radius 3 is 2.45 bits per heavy atom. The summed E-state index contributed by atoms with van der Waals surface area (Å²) in [5, 5.41) is 10.5. The molecule has 1 N–H and O–H groups in total. The molecular formula is C23H25F3N4O3. The highest BCUT2D eigenvalue weighted by molar-refractivity contribution is 5.82. The second-order valence-corrected chi connectivity index (χ2v) is 8.93. The zero-order valence-corrected chi connectivity index (χ0v) is 17.9. The number of amides is 1. The SMILES string of the molecule is O=C(C(O)c1ccc(C(F)(F)F)cc1)N1CC[C@@H]2CC[C@H](Oc3cnc(C4CC4)cn3)N2C1. The molecule has 0 bridgehead atoms. The first kappa shape index (κ1) is 22.1. The van der Waals surface area contributed by atoms with Crippen molar-refractivity contribution in [1.29, 1.82) is 0 Å². The minimum absolute atomic E-state index is 0.135. The summed E-state index contributed by atoms with van der Waals surface area (Å²) < 4.78 is 44.4. The highest BCUT2D eigenvalue weighted by Crippen LogP contribution is 2.39. The van der Waals surface area contributed by atoms with E-state index in [1.54, 1.807) is 12.4 Å². The Labute approximate surface area is 189 Å². The third-order valence-electron chi connectivity index (χ3n) is 6.65. The molecule has 1 aliphatic carbocycles. The van der Waals surface area contributed by atoms with Gasteiger partial charge in [-0.25, -0.2) is 9.88 Å². The largest absolute Gasteiger partial charge is 0.457 e. The van der Waals surface area contributed by atoms with Crippen LogP contribution in [-0.4, -0.2) is 56.3 Å². The molecule has 33 heavy (non-hydrogen) atoms. The number of benzene rings is 1. The molecular weight excluding hydrogens is 437 g/mol. The number of aromatic nitrogens is 2. The zero-order chi connectivity index (χ0) is 23.2. The van der Waals surface area contributed by atoms with Crippen LogP contribution in [0.2, 0.25) is 0 Å². The fourth-order valence-corrected chi connectivity index (χ4v) is 4.58. The standard InChI is InChI=1S/C23H25F3N4O3/c24-23(25,26)16-5-3-15(4-6-16)21(31)22(32)29-10-9-17-7-8-20(30(17)13-29)33-19-12-27-18(11-28-19)14-1-2-14/h3-6,11-12,14,17,20-21,31H,1-2,7-10,13H2/t17-,20-,21?/m0/s1. The van der Waals surface area contributed by atoms with Gasteiger partial charge in [0, 0.05) is 18.5 Å². The Morgan fingerprint density at radius 2 is 1.82 bits per heavy atom. The summed E-state index contributed by atoms with van der Waals surface area (Å²) in [6.45, 7) is 0.750. The van der Waals surface area contributed by atoms with Gasteiger partial charge in [0.2, 0.25) is 5.88 Å². The van der Waals surface area contributed by atoms with Crippen LogP contribution in [0.1, 0.15) is 60.9 Å². The summed E-state index contributed by atoms with van der Waals surface area (Å²) in [6, 6.07) is 4.30. The van der Waals surface area contributed by atoms with Crippen LogP contribution < -0.4 is 4.74 Å². The summed E-state index contributed by atoms with van der Waals surface area (Å²) in [5.74, 6) is 0.422. The van der Waals surface area contributed by atoms with Crippen LogP contribution in [-0.2, 0) is 11.0 Å². The topological polar surface area (TPSA) is 78.8 Å². The maximum atomic E-state index is 12.9. The summed E-state index contributed by atoms with van der Waals surface area (Å²) in [5.41, 5.74) is 0.297. The van der Waals surface area contributed by atoms with Crippen LogP contribution in [0.25, 0.3) is 0 Å². The lowest BCUT2D eigenvalue weighted by molar-refractivity contribution is -0.148. The van der Waals surface area contributed by atoms with E-state index in [2.05, 4.69) is 14.9 Å². The van der Waals surface area contributed by atoms with Gasteiger partial charge in [-0.2, -0.15) is 13.2 Å². The van der Waals surface area contributed by atoms with Gasteiger partial charge in [0.05, 0.1) is 30.3 Å². The number of aliphatic hydroxyl groups excluding tert-OH is 1. The number of carbonyl (C=O) groups is 1. The van der Waals surface area contributed by atoms with Crippen molar-refractivity contribution in [3.05, 3.63) is 53.5 Å². The number of carbonyl (C=O) groups excluding carboxylic acids is 1. The lowest BCUT2D eigenvalue weighted by atomic mass is 10.0. The monoisotopic (exact) mass is 462 g/mol. The van der Waals surface area contributed by atoms with Crippen molar-refractivity contribution < 1.29 is 27.8 Å². The van der Waals surface area contributed by atoms with Crippen LogP contribution >= 0.6 is 0 Å². The van der Waals surface area contributed by atoms with Crippen molar-refractivity contribution in [1.82, 2.24) is 19.8 Å². The zero-order valence-electron chi connectivity index (χ0n) is 17.9. The maximum Gasteiger partial charge on any atom is 0.416 e. The number of aliphatic hydroxyl groups is 1. The van der Waals surface area contributed by atoms with Gasteiger partial charge in [-0.1, -0.05) is 12.1 Å². The molecule has 2 aliphatic heterocycles. The van der Waals surface area contributed by atoms with E-state index in [0.29, 0.717) is 18.3 Å². The lowest BCUT2D eigenvalue weighted by Crippen LogP contribution is -2.54. The number of fused-ring (bicyclic) bond motifs is 1. The molecule has 1 unspecified atom stereocenters. The van der Waals surface area contributed by atoms with Gasteiger partial charge in [0.25, 0.3) is 5.91 Å². The van der Waals surface area contributed by atoms with E-state index in [9.17, 15) is 23.1 Å². The minimum Gasteiger partial charge on any atom is -0.457 e. The van der Waals surface area contributed by atoms with Gasteiger partial charge in [0.1, 0.15) is 0 Å². The number of rotatable bonds is 5. The molecule has 3 fully saturated rings. The molecule has 5 rings (SSSR count). The number of halogens is 3. The normalized spacial score (nSPS) is 24.4. The molecule has 0 spiro atoms. The second-order valence-electron chi connectivity index (χ2n) is 8.93. The van der Waals surface area contributed by atoms with Gasteiger partial charge in [0.15, 0.2) is 12.3 Å². The highest BCUT2D eigenvalue weighted by Gasteiger charge is 2.41. The van der Waals surface area contributed by atoms with Gasteiger partial charge in [-0.3, -0.25) is 9.78 Å². The molecule has 1 aromatic heterocycles. The summed E-state index contributed by atoms with van der Waals surface area (Å²) in [6.07, 6.45) is 1.90. The number of hydrogen-bond donors (Lipinski definition) is 1. The van der Waals surface area contributed by atoms with Crippen molar-refractivity contribution in [3.8, 4) is 5.88 Å². The average Bonchev–Trinajstić information content (AvgIpc) is 3.59. The van der Waals surface area contributed by atoms with Gasteiger partial charge in [-0.05, 0) is 49.8 Å². The van der Waals surface area contributed by atoms with E-state index in [-0.39, 0.29) is 24.5 Å². The molecule has 0 radical (unpaired) electrons. The van der Waals surface area contributed by atoms with Gasteiger partial charge >= 0.3 is 6.18 Å². The number of ether oxygens (including phenoxy) is 1. The highest BCUT2D eigenvalue weighted by atomic mass is 19.4. The van der Waals surface area contributed by atoms with Gasteiger partial charge in [-0.15, -0.1) is 0 Å². The molecule has 3 aliphatic rings. The van der Waals surface area contributed by atoms with E-state index < -0.39 is 23.8 Å². The van der Waals surface area contributed by atoms with E-state index in [0.717, 1.165) is 62.1 Å². The molecule has 3 atom stereocenters. The van der Waals surface area contributed by atoms with Crippen molar-refractivity contribution in [2.24, 2.45) is 0 Å². The second kappa shape index (κ2) is 8.57. The molecule has 2 aromatic rings. The predicted molar refractivity (Wildman–Crippen MR) is 111 cm³/mol. The Kier molecular flexibility index (Phi) is 5.74. The Bertz CT molecular complexity index is 996. The molecule has 1 aromatic carbocycles. The quantitative estimate of drug-likeness (QED) is 0.733. The van der Waals surface area contributed by atoms with Crippen molar-refractivity contribution in [3.63, 3.8) is 0 Å².